The summed E-state index contributed by atoms with van der Waals surface area (Å²) in [5.41, 5.74) is 0.0158. The molecule has 3 rings (SSSR count). The Kier molecular flexibility index (Phi) is 6.45. The summed E-state index contributed by atoms with van der Waals surface area (Å²) in [6, 6.07) is 4.34. The Morgan fingerprint density at radius 2 is 1.58 bits per heavy atom. The van der Waals surface area contributed by atoms with Crippen LogP contribution in [0.3, 0.4) is 0 Å². The topological polar surface area (TPSA) is 87.3 Å². The van der Waals surface area contributed by atoms with Crippen molar-refractivity contribution in [2.75, 3.05) is 16.0 Å². The highest BCUT2D eigenvalue weighted by Crippen LogP contribution is 2.53. The number of nitrogens with one attached hydrogen (secondary N) is 3. The van der Waals surface area contributed by atoms with Crippen molar-refractivity contribution >= 4 is 69.6 Å². The van der Waals surface area contributed by atoms with E-state index in [4.69, 9.17) is 34.8 Å². The van der Waals surface area contributed by atoms with E-state index in [2.05, 4.69) is 16.0 Å². The van der Waals surface area contributed by atoms with Crippen molar-refractivity contribution in [3.8, 4) is 0 Å². The van der Waals surface area contributed by atoms with Crippen LogP contribution in [0.1, 0.15) is 29.3 Å². The number of rotatable bonds is 5. The van der Waals surface area contributed by atoms with Crippen molar-refractivity contribution < 1.29 is 23.2 Å². The highest BCUT2D eigenvalue weighted by atomic mass is 35.5. The summed E-state index contributed by atoms with van der Waals surface area (Å²) in [4.78, 5) is 36.2. The molecule has 3 N–H and O–H groups in total. The number of hydrogen-bond donors (Lipinski definition) is 3. The highest BCUT2D eigenvalue weighted by molar-refractivity contribution is 6.52. The Morgan fingerprint density at radius 1 is 1.00 bits per heavy atom. The third kappa shape index (κ3) is 5.26. The van der Waals surface area contributed by atoms with Crippen LogP contribution in [-0.2, 0) is 9.59 Å². The Hall–Kier alpha value is -2.42. The third-order valence-corrected chi connectivity index (χ3v) is 5.86. The summed E-state index contributed by atoms with van der Waals surface area (Å²) in [7, 11) is 0. The molecule has 11 heteroatoms. The van der Waals surface area contributed by atoms with E-state index in [0.717, 1.165) is 13.0 Å². The lowest BCUT2D eigenvalue weighted by Crippen LogP contribution is -2.19. The zero-order valence-electron chi connectivity index (χ0n) is 16.2. The van der Waals surface area contributed by atoms with Crippen LogP contribution in [0.5, 0.6) is 0 Å². The maximum Gasteiger partial charge on any atom is 0.257 e. The van der Waals surface area contributed by atoms with Crippen LogP contribution in [0, 0.1) is 24.5 Å². The molecule has 3 amide bonds. The van der Waals surface area contributed by atoms with E-state index < -0.39 is 39.6 Å². The van der Waals surface area contributed by atoms with E-state index >= 15 is 0 Å². The van der Waals surface area contributed by atoms with Crippen molar-refractivity contribution in [3.63, 3.8) is 0 Å². The number of alkyl halides is 2. The van der Waals surface area contributed by atoms with Crippen molar-refractivity contribution in [2.45, 2.75) is 24.6 Å². The maximum atomic E-state index is 14.2. The molecule has 0 radical (unpaired) electrons. The number of halogens is 5. The Bertz CT molecular complexity index is 1110. The van der Waals surface area contributed by atoms with E-state index in [1.807, 2.05) is 0 Å². The van der Waals surface area contributed by atoms with E-state index in [9.17, 15) is 23.2 Å². The standard InChI is InChI=1S/C20H16Cl3F2N3O3/c1-8-3-10(27-19(31)12-7-20(12,22)23)4-11(17(8)21)18(30)28-16-6-15(26-9(2)29)13(24)5-14(16)25/h3-6,12H,7H2,1-2H3,(H,26,29)(H,27,31)(H,28,30)/t12-/m1/s1. The summed E-state index contributed by atoms with van der Waals surface area (Å²) < 4.78 is 26.9. The first-order valence-corrected chi connectivity index (χ1v) is 10.1. The largest absolute Gasteiger partial charge is 0.326 e. The van der Waals surface area contributed by atoms with Crippen LogP contribution in [0.25, 0.3) is 0 Å². The van der Waals surface area contributed by atoms with Gasteiger partial charge in [0.25, 0.3) is 5.91 Å². The van der Waals surface area contributed by atoms with Gasteiger partial charge in [-0.05, 0) is 37.1 Å². The van der Waals surface area contributed by atoms with Crippen molar-refractivity contribution in [2.24, 2.45) is 5.92 Å². The van der Waals surface area contributed by atoms with Crippen LogP contribution < -0.4 is 16.0 Å². The first-order chi connectivity index (χ1) is 14.4. The Labute approximate surface area is 191 Å². The van der Waals surface area contributed by atoms with Crippen LogP contribution in [-0.4, -0.2) is 22.1 Å². The van der Waals surface area contributed by atoms with E-state index in [-0.39, 0.29) is 27.6 Å². The van der Waals surface area contributed by atoms with Crippen molar-refractivity contribution in [3.05, 3.63) is 52.0 Å². The molecule has 0 unspecified atom stereocenters. The summed E-state index contributed by atoms with van der Waals surface area (Å²) in [5, 5.41) is 7.19. The van der Waals surface area contributed by atoms with Crippen LogP contribution >= 0.6 is 34.8 Å². The molecule has 1 atom stereocenters. The zero-order valence-corrected chi connectivity index (χ0v) is 18.5. The molecular weight excluding hydrogens is 475 g/mol. The van der Waals surface area contributed by atoms with Crippen molar-refractivity contribution in [1.82, 2.24) is 0 Å². The summed E-state index contributed by atoms with van der Waals surface area (Å²) in [6.07, 6.45) is 0.308. The number of aryl methyl sites for hydroxylation is 1. The van der Waals surface area contributed by atoms with Gasteiger partial charge in [-0.25, -0.2) is 8.78 Å². The molecule has 2 aromatic rings. The fraction of sp³-hybridized carbons (Fsp3) is 0.250. The van der Waals surface area contributed by atoms with Gasteiger partial charge in [0.1, 0.15) is 16.0 Å². The van der Waals surface area contributed by atoms with Crippen LogP contribution in [0.2, 0.25) is 5.02 Å². The third-order valence-electron chi connectivity index (χ3n) is 4.52. The molecule has 6 nitrogen and oxygen atoms in total. The van der Waals surface area contributed by atoms with Gasteiger partial charge in [0.05, 0.1) is 27.9 Å². The molecule has 0 aliphatic heterocycles. The van der Waals surface area contributed by atoms with E-state index in [0.29, 0.717) is 18.1 Å². The second-order valence-corrected chi connectivity index (χ2v) is 9.03. The minimum atomic E-state index is -1.11. The minimum absolute atomic E-state index is 0.0550. The normalized spacial score (nSPS) is 16.4. The molecule has 0 aromatic heterocycles. The van der Waals surface area contributed by atoms with Gasteiger partial charge in [-0.2, -0.15) is 0 Å². The van der Waals surface area contributed by atoms with Gasteiger partial charge >= 0.3 is 0 Å². The fourth-order valence-corrected chi connectivity index (χ4v) is 3.56. The lowest BCUT2D eigenvalue weighted by atomic mass is 10.1. The average Bonchev–Trinajstić information content (AvgIpc) is 3.30. The number of amides is 3. The summed E-state index contributed by atoms with van der Waals surface area (Å²) >= 11 is 18.0. The molecule has 1 fully saturated rings. The number of carbonyl (C=O) groups is 3. The minimum Gasteiger partial charge on any atom is -0.326 e. The molecule has 0 bridgehead atoms. The number of hydrogen-bond acceptors (Lipinski definition) is 3. The van der Waals surface area contributed by atoms with Gasteiger partial charge in [0, 0.05) is 18.7 Å². The molecule has 164 valence electrons. The molecule has 1 aliphatic rings. The number of anilines is 3. The molecule has 0 spiro atoms. The van der Waals surface area contributed by atoms with Crippen LogP contribution in [0.15, 0.2) is 24.3 Å². The molecule has 1 saturated carbocycles. The zero-order chi connectivity index (χ0) is 23.1. The Balaban J connectivity index is 1.85. The molecule has 2 aromatic carbocycles. The van der Waals surface area contributed by atoms with Crippen LogP contribution in [0.4, 0.5) is 25.8 Å². The molecular formula is C20H16Cl3F2N3O3. The van der Waals surface area contributed by atoms with Crippen molar-refractivity contribution in [1.29, 1.82) is 0 Å². The smallest absolute Gasteiger partial charge is 0.257 e. The molecule has 31 heavy (non-hydrogen) atoms. The van der Waals surface area contributed by atoms with Gasteiger partial charge in [-0.15, -0.1) is 23.2 Å². The lowest BCUT2D eigenvalue weighted by Gasteiger charge is -2.14. The maximum absolute atomic E-state index is 14.2. The van der Waals surface area contributed by atoms with Gasteiger partial charge in [-0.3, -0.25) is 14.4 Å². The quantitative estimate of drug-likeness (QED) is 0.499. The van der Waals surface area contributed by atoms with Gasteiger partial charge in [0.2, 0.25) is 11.8 Å². The summed E-state index contributed by atoms with van der Waals surface area (Å²) in [6.45, 7) is 2.77. The van der Waals surface area contributed by atoms with E-state index in [1.165, 1.54) is 6.07 Å². The predicted molar refractivity (Wildman–Crippen MR) is 116 cm³/mol. The first-order valence-electron chi connectivity index (χ1n) is 8.96. The molecule has 0 heterocycles. The second kappa shape index (κ2) is 8.61. The summed E-state index contributed by atoms with van der Waals surface area (Å²) in [5.74, 6) is -4.42. The lowest BCUT2D eigenvalue weighted by molar-refractivity contribution is -0.117. The molecule has 1 aliphatic carbocycles. The average molecular weight is 491 g/mol. The number of benzene rings is 2. The van der Waals surface area contributed by atoms with Gasteiger partial charge in [0.15, 0.2) is 0 Å². The Morgan fingerprint density at radius 3 is 2.13 bits per heavy atom. The van der Waals surface area contributed by atoms with Gasteiger partial charge in [-0.1, -0.05) is 11.6 Å². The second-order valence-electron chi connectivity index (χ2n) is 7.11. The van der Waals surface area contributed by atoms with Gasteiger partial charge < -0.3 is 16.0 Å². The SMILES string of the molecule is CC(=O)Nc1cc(NC(=O)c2cc(NC(=O)[C@H]3CC3(Cl)Cl)cc(C)c2Cl)c(F)cc1F. The van der Waals surface area contributed by atoms with E-state index in [1.54, 1.807) is 13.0 Å². The molecule has 0 saturated heterocycles. The highest BCUT2D eigenvalue weighted by Gasteiger charge is 2.56. The monoisotopic (exact) mass is 489 g/mol. The predicted octanol–water partition coefficient (Wildman–Crippen LogP) is 5.27. The fourth-order valence-electron chi connectivity index (χ4n) is 2.85. The number of carbonyl (C=O) groups excluding carboxylic acids is 3. The first kappa shape index (κ1) is 23.2.